The summed E-state index contributed by atoms with van der Waals surface area (Å²) >= 11 is 0. The zero-order chi connectivity index (χ0) is 17.1. The molecule has 1 aliphatic rings. The standard InChI is InChI=1S/C19H20N2O3/c1-12-4-3-5-15(10-12)19(23)20-9-8-14-6-7-17-16(11-14)21-18(22)13(2)24-17/h3-7,10-11,13H,8-9H2,1-2H3,(H,20,23)(H,21,22). The van der Waals surface area contributed by atoms with Crippen LogP contribution in [-0.2, 0) is 11.2 Å². The lowest BCUT2D eigenvalue weighted by Gasteiger charge is -2.23. The van der Waals surface area contributed by atoms with E-state index in [1.54, 1.807) is 13.0 Å². The number of amides is 2. The Balaban J connectivity index is 1.58. The van der Waals surface area contributed by atoms with E-state index in [2.05, 4.69) is 10.6 Å². The van der Waals surface area contributed by atoms with Crippen LogP contribution in [-0.4, -0.2) is 24.5 Å². The first-order valence-corrected chi connectivity index (χ1v) is 7.98. The van der Waals surface area contributed by atoms with Gasteiger partial charge in [-0.1, -0.05) is 23.8 Å². The van der Waals surface area contributed by atoms with Crippen LogP contribution in [0.15, 0.2) is 42.5 Å². The number of benzene rings is 2. The van der Waals surface area contributed by atoms with Gasteiger partial charge in [-0.05, 0) is 50.1 Å². The number of fused-ring (bicyclic) bond motifs is 1. The summed E-state index contributed by atoms with van der Waals surface area (Å²) in [6.45, 7) is 4.20. The monoisotopic (exact) mass is 324 g/mol. The highest BCUT2D eigenvalue weighted by Gasteiger charge is 2.23. The second-order valence-electron chi connectivity index (χ2n) is 5.96. The van der Waals surface area contributed by atoms with Gasteiger partial charge >= 0.3 is 0 Å². The van der Waals surface area contributed by atoms with Gasteiger partial charge in [0.15, 0.2) is 6.10 Å². The largest absolute Gasteiger partial charge is 0.479 e. The van der Waals surface area contributed by atoms with E-state index >= 15 is 0 Å². The third-order valence-electron chi connectivity index (χ3n) is 3.95. The van der Waals surface area contributed by atoms with Gasteiger partial charge in [0.1, 0.15) is 5.75 Å². The zero-order valence-electron chi connectivity index (χ0n) is 13.8. The summed E-state index contributed by atoms with van der Waals surface area (Å²) in [6.07, 6.45) is 0.202. The van der Waals surface area contributed by atoms with Crippen LogP contribution >= 0.6 is 0 Å². The molecule has 2 aromatic rings. The van der Waals surface area contributed by atoms with Crippen molar-refractivity contribution < 1.29 is 14.3 Å². The first-order valence-electron chi connectivity index (χ1n) is 7.98. The maximum Gasteiger partial charge on any atom is 0.265 e. The predicted molar refractivity (Wildman–Crippen MR) is 92.4 cm³/mol. The van der Waals surface area contributed by atoms with Gasteiger partial charge in [-0.2, -0.15) is 0 Å². The summed E-state index contributed by atoms with van der Waals surface area (Å²) in [5, 5.41) is 5.74. The highest BCUT2D eigenvalue weighted by Crippen LogP contribution is 2.30. The molecule has 3 rings (SSSR count). The van der Waals surface area contributed by atoms with Crippen LogP contribution in [0.4, 0.5) is 5.69 Å². The van der Waals surface area contributed by atoms with E-state index in [0.29, 0.717) is 30.0 Å². The lowest BCUT2D eigenvalue weighted by atomic mass is 10.1. The van der Waals surface area contributed by atoms with Gasteiger partial charge in [-0.3, -0.25) is 9.59 Å². The lowest BCUT2D eigenvalue weighted by Crippen LogP contribution is -2.34. The van der Waals surface area contributed by atoms with Crippen molar-refractivity contribution in [2.24, 2.45) is 0 Å². The number of aryl methyl sites for hydroxylation is 1. The van der Waals surface area contributed by atoms with Crippen LogP contribution < -0.4 is 15.4 Å². The average Bonchev–Trinajstić information content (AvgIpc) is 2.56. The number of rotatable bonds is 4. The van der Waals surface area contributed by atoms with Crippen molar-refractivity contribution in [2.45, 2.75) is 26.4 Å². The van der Waals surface area contributed by atoms with E-state index < -0.39 is 6.10 Å². The van der Waals surface area contributed by atoms with E-state index in [-0.39, 0.29) is 11.8 Å². The van der Waals surface area contributed by atoms with Gasteiger partial charge in [0, 0.05) is 12.1 Å². The van der Waals surface area contributed by atoms with E-state index in [0.717, 1.165) is 11.1 Å². The molecule has 2 aromatic carbocycles. The van der Waals surface area contributed by atoms with Gasteiger partial charge in [-0.25, -0.2) is 0 Å². The van der Waals surface area contributed by atoms with Crippen molar-refractivity contribution in [3.8, 4) is 5.75 Å². The van der Waals surface area contributed by atoms with Crippen molar-refractivity contribution in [1.29, 1.82) is 0 Å². The molecular formula is C19H20N2O3. The molecule has 0 aliphatic carbocycles. The molecule has 1 atom stereocenters. The maximum atomic E-state index is 12.1. The second-order valence-corrected chi connectivity index (χ2v) is 5.96. The molecule has 0 saturated heterocycles. The Morgan fingerprint density at radius 2 is 2.08 bits per heavy atom. The number of hydrogen-bond acceptors (Lipinski definition) is 3. The summed E-state index contributed by atoms with van der Waals surface area (Å²) in [7, 11) is 0. The number of ether oxygens (including phenoxy) is 1. The van der Waals surface area contributed by atoms with Gasteiger partial charge in [-0.15, -0.1) is 0 Å². The molecule has 5 nitrogen and oxygen atoms in total. The Labute approximate surface area is 141 Å². The summed E-state index contributed by atoms with van der Waals surface area (Å²) in [5.74, 6) is 0.448. The molecule has 0 radical (unpaired) electrons. The van der Waals surface area contributed by atoms with E-state index in [4.69, 9.17) is 4.74 Å². The third-order valence-corrected chi connectivity index (χ3v) is 3.95. The fraction of sp³-hybridized carbons (Fsp3) is 0.263. The van der Waals surface area contributed by atoms with Crippen molar-refractivity contribution >= 4 is 17.5 Å². The van der Waals surface area contributed by atoms with Gasteiger partial charge in [0.25, 0.3) is 11.8 Å². The minimum atomic E-state index is -0.475. The van der Waals surface area contributed by atoms with Gasteiger partial charge in [0.2, 0.25) is 0 Å². The fourth-order valence-electron chi connectivity index (χ4n) is 2.62. The number of nitrogens with one attached hydrogen (secondary N) is 2. The molecule has 1 unspecified atom stereocenters. The lowest BCUT2D eigenvalue weighted by molar-refractivity contribution is -0.122. The summed E-state index contributed by atoms with van der Waals surface area (Å²) in [6, 6.07) is 13.2. The van der Waals surface area contributed by atoms with Crippen LogP contribution in [0.2, 0.25) is 0 Å². The van der Waals surface area contributed by atoms with Crippen LogP contribution in [0.3, 0.4) is 0 Å². The SMILES string of the molecule is Cc1cccc(C(=O)NCCc2ccc3c(c2)NC(=O)C(C)O3)c1. The zero-order valence-corrected chi connectivity index (χ0v) is 13.8. The highest BCUT2D eigenvalue weighted by atomic mass is 16.5. The summed E-state index contributed by atoms with van der Waals surface area (Å²) in [4.78, 5) is 23.8. The van der Waals surface area contributed by atoms with Gasteiger partial charge < -0.3 is 15.4 Å². The fourth-order valence-corrected chi connectivity index (χ4v) is 2.62. The Bertz CT molecular complexity index is 786. The molecule has 0 bridgehead atoms. The predicted octanol–water partition coefficient (Wildman–Crippen LogP) is 2.69. The second kappa shape index (κ2) is 6.74. The Hall–Kier alpha value is -2.82. The highest BCUT2D eigenvalue weighted by molar-refractivity contribution is 5.97. The number of anilines is 1. The first kappa shape index (κ1) is 16.1. The molecule has 24 heavy (non-hydrogen) atoms. The molecule has 0 spiro atoms. The van der Waals surface area contributed by atoms with Crippen LogP contribution in [0.25, 0.3) is 0 Å². The number of hydrogen-bond donors (Lipinski definition) is 2. The molecule has 2 N–H and O–H groups in total. The minimum absolute atomic E-state index is 0.0814. The van der Waals surface area contributed by atoms with Crippen molar-refractivity contribution in [3.05, 3.63) is 59.2 Å². The van der Waals surface area contributed by atoms with Crippen LogP contribution in [0.1, 0.15) is 28.4 Å². The Kier molecular flexibility index (Phi) is 4.51. The Morgan fingerprint density at radius 3 is 2.88 bits per heavy atom. The van der Waals surface area contributed by atoms with Crippen molar-refractivity contribution in [3.63, 3.8) is 0 Å². The normalized spacial score (nSPS) is 15.9. The molecule has 0 aromatic heterocycles. The molecule has 1 aliphatic heterocycles. The minimum Gasteiger partial charge on any atom is -0.479 e. The van der Waals surface area contributed by atoms with Gasteiger partial charge in [0.05, 0.1) is 5.69 Å². The van der Waals surface area contributed by atoms with Crippen molar-refractivity contribution in [1.82, 2.24) is 5.32 Å². The molecule has 5 heteroatoms. The number of carbonyl (C=O) groups excluding carboxylic acids is 2. The smallest absolute Gasteiger partial charge is 0.265 e. The first-order chi connectivity index (χ1) is 11.5. The summed E-state index contributed by atoms with van der Waals surface area (Å²) < 4.78 is 5.53. The average molecular weight is 324 g/mol. The quantitative estimate of drug-likeness (QED) is 0.908. The molecular weight excluding hydrogens is 304 g/mol. The third kappa shape index (κ3) is 3.56. The molecule has 0 saturated carbocycles. The molecule has 1 heterocycles. The maximum absolute atomic E-state index is 12.1. The van der Waals surface area contributed by atoms with Crippen LogP contribution in [0, 0.1) is 6.92 Å². The molecule has 0 fully saturated rings. The summed E-state index contributed by atoms with van der Waals surface area (Å²) in [5.41, 5.74) is 3.43. The number of carbonyl (C=O) groups is 2. The Morgan fingerprint density at radius 1 is 1.25 bits per heavy atom. The van der Waals surface area contributed by atoms with E-state index in [9.17, 15) is 9.59 Å². The van der Waals surface area contributed by atoms with Crippen LogP contribution in [0.5, 0.6) is 5.75 Å². The topological polar surface area (TPSA) is 67.4 Å². The molecule has 124 valence electrons. The molecule has 2 amide bonds. The van der Waals surface area contributed by atoms with Crippen molar-refractivity contribution in [2.75, 3.05) is 11.9 Å². The van der Waals surface area contributed by atoms with E-state index in [1.165, 1.54) is 0 Å². The van der Waals surface area contributed by atoms with E-state index in [1.807, 2.05) is 43.3 Å².